The Morgan fingerprint density at radius 3 is 2.55 bits per heavy atom. The lowest BCUT2D eigenvalue weighted by Crippen LogP contribution is -2.39. The second-order valence-electron chi connectivity index (χ2n) is 8.02. The molecule has 3 heterocycles. The van der Waals surface area contributed by atoms with Crippen LogP contribution in [0.1, 0.15) is 34.6 Å². The Balaban J connectivity index is 1.48. The molecule has 164 valence electrons. The van der Waals surface area contributed by atoms with Crippen LogP contribution in [0.5, 0.6) is 0 Å². The van der Waals surface area contributed by atoms with Gasteiger partial charge in [0.25, 0.3) is 5.91 Å². The second-order valence-corrected chi connectivity index (χ2v) is 8.02. The van der Waals surface area contributed by atoms with E-state index in [9.17, 15) is 9.59 Å². The number of fused-ring (bicyclic) bond motifs is 3. The number of nitrogens with one attached hydrogen (secondary N) is 1. The number of rotatable bonds is 5. The Morgan fingerprint density at radius 2 is 1.76 bits per heavy atom. The zero-order valence-electron chi connectivity index (χ0n) is 18.2. The van der Waals surface area contributed by atoms with Crippen molar-refractivity contribution in [1.82, 2.24) is 19.9 Å². The van der Waals surface area contributed by atoms with Crippen molar-refractivity contribution in [3.8, 4) is 0 Å². The van der Waals surface area contributed by atoms with Crippen molar-refractivity contribution in [2.45, 2.75) is 19.5 Å². The molecule has 5 rings (SSSR count). The van der Waals surface area contributed by atoms with Gasteiger partial charge in [0.2, 0.25) is 5.91 Å². The molecule has 0 bridgehead atoms. The number of carbonyl (C=O) groups is 2. The monoisotopic (exact) mass is 437 g/mol. The molecule has 2 aromatic carbocycles. The minimum absolute atomic E-state index is 0.174. The van der Waals surface area contributed by atoms with Crippen LogP contribution in [-0.4, -0.2) is 38.6 Å². The van der Waals surface area contributed by atoms with Gasteiger partial charge in [-0.25, -0.2) is 5.01 Å². The van der Waals surface area contributed by atoms with Gasteiger partial charge in [0.05, 0.1) is 18.3 Å². The number of aromatic nitrogens is 2. The summed E-state index contributed by atoms with van der Waals surface area (Å²) in [6, 6.07) is 23.0. The molecule has 0 saturated heterocycles. The number of para-hydroxylation sites is 1. The van der Waals surface area contributed by atoms with E-state index in [4.69, 9.17) is 0 Å². The molecule has 4 aromatic rings. The maximum atomic E-state index is 13.5. The third-order valence-corrected chi connectivity index (χ3v) is 5.80. The molecule has 1 aliphatic rings. The number of hydrogen-bond donors (Lipinski definition) is 1. The summed E-state index contributed by atoms with van der Waals surface area (Å²) in [7, 11) is 0. The van der Waals surface area contributed by atoms with Crippen LogP contribution in [0.15, 0.2) is 90.3 Å². The van der Waals surface area contributed by atoms with E-state index in [0.29, 0.717) is 12.2 Å². The molecule has 1 N–H and O–H groups in total. The van der Waals surface area contributed by atoms with E-state index in [0.717, 1.165) is 27.7 Å². The largest absolute Gasteiger partial charge is 0.348 e. The van der Waals surface area contributed by atoms with E-state index in [-0.39, 0.29) is 24.4 Å². The zero-order chi connectivity index (χ0) is 22.8. The lowest BCUT2D eigenvalue weighted by molar-refractivity contribution is -0.122. The number of hydrazone groups is 1. The lowest BCUT2D eigenvalue weighted by atomic mass is 10.1. The van der Waals surface area contributed by atoms with Gasteiger partial charge >= 0.3 is 0 Å². The number of nitrogens with zero attached hydrogens (tertiary/aromatic N) is 4. The van der Waals surface area contributed by atoms with E-state index in [1.807, 2.05) is 84.3 Å². The molecule has 0 fully saturated rings. The zero-order valence-corrected chi connectivity index (χ0v) is 18.2. The summed E-state index contributed by atoms with van der Waals surface area (Å²) in [5.41, 5.74) is 4.04. The Hall–Kier alpha value is -4.26. The molecule has 2 aromatic heterocycles. The average Bonchev–Trinajstić information content (AvgIpc) is 3.15. The molecule has 7 heteroatoms. The summed E-state index contributed by atoms with van der Waals surface area (Å²) in [6.07, 6.45) is 3.37. The number of hydrogen-bond acceptors (Lipinski definition) is 4. The van der Waals surface area contributed by atoms with E-state index in [1.165, 1.54) is 5.01 Å². The van der Waals surface area contributed by atoms with Gasteiger partial charge in [-0.15, -0.1) is 0 Å². The van der Waals surface area contributed by atoms with Gasteiger partial charge in [0.1, 0.15) is 12.2 Å². The Bertz CT molecular complexity index is 1350. The summed E-state index contributed by atoms with van der Waals surface area (Å²) in [6.45, 7) is 2.16. The van der Waals surface area contributed by atoms with Gasteiger partial charge in [-0.1, -0.05) is 48.5 Å². The Kier molecular flexibility index (Phi) is 5.44. The fraction of sp³-hybridized carbons (Fsp3) is 0.154. The molecule has 0 saturated carbocycles. The van der Waals surface area contributed by atoms with Gasteiger partial charge < -0.3 is 9.88 Å². The SMILES string of the molecule is CC(NC(=O)CN1N=C(c2ccccc2)Cn2c(cc3ccccc32)C1=O)c1ccncc1. The van der Waals surface area contributed by atoms with Crippen LogP contribution in [0.4, 0.5) is 0 Å². The Morgan fingerprint density at radius 1 is 1.03 bits per heavy atom. The fourth-order valence-corrected chi connectivity index (χ4v) is 4.11. The smallest absolute Gasteiger partial charge is 0.291 e. The highest BCUT2D eigenvalue weighted by molar-refractivity contribution is 6.07. The number of benzene rings is 2. The lowest BCUT2D eigenvalue weighted by Gasteiger charge is -2.19. The molecular weight excluding hydrogens is 414 g/mol. The standard InChI is InChI=1S/C26H23N5O2/c1-18(19-11-13-27-14-12-19)28-25(32)17-31-26(33)24-15-21-9-5-6-10-23(21)30(24)16-22(29-31)20-7-3-2-4-8-20/h2-15,18H,16-17H2,1H3,(H,28,32). The van der Waals surface area contributed by atoms with Crippen LogP contribution in [0.2, 0.25) is 0 Å². The van der Waals surface area contributed by atoms with Crippen molar-refractivity contribution in [3.05, 3.63) is 102 Å². The molecule has 33 heavy (non-hydrogen) atoms. The minimum atomic E-state index is -0.302. The van der Waals surface area contributed by atoms with Crippen LogP contribution >= 0.6 is 0 Å². The maximum absolute atomic E-state index is 13.5. The normalized spacial score (nSPS) is 14.4. The predicted octanol–water partition coefficient (Wildman–Crippen LogP) is 3.77. The van der Waals surface area contributed by atoms with Gasteiger partial charge in [-0.05, 0) is 42.3 Å². The third kappa shape index (κ3) is 4.13. The van der Waals surface area contributed by atoms with Crippen LogP contribution in [-0.2, 0) is 11.3 Å². The van der Waals surface area contributed by atoms with E-state index < -0.39 is 0 Å². The summed E-state index contributed by atoms with van der Waals surface area (Å²) in [5, 5.41) is 9.85. The number of pyridine rings is 1. The second kappa shape index (κ2) is 8.70. The molecule has 2 amide bonds. The van der Waals surface area contributed by atoms with E-state index in [2.05, 4.69) is 15.4 Å². The van der Waals surface area contributed by atoms with Crippen molar-refractivity contribution in [2.24, 2.45) is 5.10 Å². The third-order valence-electron chi connectivity index (χ3n) is 5.80. The highest BCUT2D eigenvalue weighted by atomic mass is 16.2. The first-order chi connectivity index (χ1) is 16.1. The summed E-state index contributed by atoms with van der Waals surface area (Å²) in [4.78, 5) is 30.4. The van der Waals surface area contributed by atoms with Crippen LogP contribution < -0.4 is 5.32 Å². The number of amides is 2. The molecule has 7 nitrogen and oxygen atoms in total. The van der Waals surface area contributed by atoms with Crippen molar-refractivity contribution >= 4 is 28.4 Å². The highest BCUT2D eigenvalue weighted by Crippen LogP contribution is 2.24. The molecule has 0 aliphatic carbocycles. The van der Waals surface area contributed by atoms with Crippen molar-refractivity contribution < 1.29 is 9.59 Å². The minimum Gasteiger partial charge on any atom is -0.348 e. The van der Waals surface area contributed by atoms with Crippen molar-refractivity contribution in [2.75, 3.05) is 6.54 Å². The highest BCUT2D eigenvalue weighted by Gasteiger charge is 2.28. The number of carbonyl (C=O) groups excluding carboxylic acids is 2. The van der Waals surface area contributed by atoms with Crippen LogP contribution in [0.3, 0.4) is 0 Å². The summed E-state index contributed by atoms with van der Waals surface area (Å²) < 4.78 is 1.97. The van der Waals surface area contributed by atoms with Crippen molar-refractivity contribution in [1.29, 1.82) is 0 Å². The fourth-order valence-electron chi connectivity index (χ4n) is 4.11. The molecular formula is C26H23N5O2. The first-order valence-corrected chi connectivity index (χ1v) is 10.8. The first-order valence-electron chi connectivity index (χ1n) is 10.8. The maximum Gasteiger partial charge on any atom is 0.291 e. The summed E-state index contributed by atoms with van der Waals surface area (Å²) >= 11 is 0. The van der Waals surface area contributed by atoms with E-state index in [1.54, 1.807) is 12.4 Å². The Labute approximate surface area is 191 Å². The van der Waals surface area contributed by atoms with Crippen molar-refractivity contribution in [3.63, 3.8) is 0 Å². The molecule has 1 unspecified atom stereocenters. The predicted molar refractivity (Wildman–Crippen MR) is 127 cm³/mol. The van der Waals surface area contributed by atoms with Gasteiger partial charge in [-0.2, -0.15) is 5.10 Å². The van der Waals surface area contributed by atoms with Gasteiger partial charge in [0.15, 0.2) is 0 Å². The first kappa shape index (κ1) is 20.6. The molecule has 1 aliphatic heterocycles. The van der Waals surface area contributed by atoms with Crippen LogP contribution in [0, 0.1) is 0 Å². The van der Waals surface area contributed by atoms with Gasteiger partial charge in [-0.3, -0.25) is 14.6 Å². The molecule has 0 radical (unpaired) electrons. The van der Waals surface area contributed by atoms with E-state index >= 15 is 0 Å². The molecule has 1 atom stereocenters. The van der Waals surface area contributed by atoms with Gasteiger partial charge in [0, 0.05) is 23.3 Å². The quantitative estimate of drug-likeness (QED) is 0.516. The van der Waals surface area contributed by atoms with Crippen LogP contribution in [0.25, 0.3) is 10.9 Å². The molecule has 0 spiro atoms. The summed E-state index contributed by atoms with van der Waals surface area (Å²) in [5.74, 6) is -0.586. The average molecular weight is 438 g/mol. The topological polar surface area (TPSA) is 79.6 Å².